The van der Waals surface area contributed by atoms with E-state index in [0.29, 0.717) is 66.3 Å². The third-order valence-electron chi connectivity index (χ3n) is 7.54. The SMILES string of the molecule is COCCN(C)CCOc1ccc2c(c1)C(=O)N(CCc1nc3ccccc3c(=O)n1CCc1ccc(SN)cc1)C2=O. The third kappa shape index (κ3) is 6.97. The highest BCUT2D eigenvalue weighted by Gasteiger charge is 2.35. The van der Waals surface area contributed by atoms with E-state index in [1.807, 2.05) is 43.4 Å². The van der Waals surface area contributed by atoms with Crippen molar-refractivity contribution in [2.24, 2.45) is 5.14 Å². The molecule has 2 N–H and O–H groups in total. The second-order valence-corrected chi connectivity index (χ2v) is 11.1. The molecule has 0 saturated heterocycles. The van der Waals surface area contributed by atoms with Gasteiger partial charge in [0.25, 0.3) is 17.4 Å². The van der Waals surface area contributed by atoms with Gasteiger partial charge in [0.1, 0.15) is 18.2 Å². The van der Waals surface area contributed by atoms with Crippen molar-refractivity contribution in [1.82, 2.24) is 19.4 Å². The van der Waals surface area contributed by atoms with E-state index in [9.17, 15) is 14.4 Å². The molecule has 43 heavy (non-hydrogen) atoms. The van der Waals surface area contributed by atoms with Gasteiger partial charge < -0.3 is 14.4 Å². The lowest BCUT2D eigenvalue weighted by molar-refractivity contribution is 0.0655. The summed E-state index contributed by atoms with van der Waals surface area (Å²) >= 11 is 1.18. The number of para-hydroxylation sites is 1. The predicted octanol–water partition coefficient (Wildman–Crippen LogP) is 3.40. The highest BCUT2D eigenvalue weighted by Crippen LogP contribution is 2.27. The summed E-state index contributed by atoms with van der Waals surface area (Å²) in [7, 11) is 3.64. The van der Waals surface area contributed by atoms with Crippen molar-refractivity contribution in [3.8, 4) is 5.75 Å². The molecule has 10 nitrogen and oxygen atoms in total. The van der Waals surface area contributed by atoms with Crippen LogP contribution in [0.5, 0.6) is 5.75 Å². The Morgan fingerprint density at radius 2 is 1.63 bits per heavy atom. The highest BCUT2D eigenvalue weighted by atomic mass is 32.2. The highest BCUT2D eigenvalue weighted by molar-refractivity contribution is 7.97. The number of likely N-dealkylation sites (N-methyl/N-ethyl adjacent to an activating group) is 1. The molecule has 0 radical (unpaired) electrons. The van der Waals surface area contributed by atoms with Crippen LogP contribution in [0.4, 0.5) is 0 Å². The molecule has 224 valence electrons. The van der Waals surface area contributed by atoms with E-state index in [1.165, 1.54) is 16.8 Å². The van der Waals surface area contributed by atoms with Crippen molar-refractivity contribution < 1.29 is 19.1 Å². The summed E-state index contributed by atoms with van der Waals surface area (Å²) in [6.45, 7) is 3.05. The second kappa shape index (κ2) is 14.0. The molecule has 3 aromatic carbocycles. The molecule has 1 aliphatic rings. The molecule has 0 fully saturated rings. The zero-order valence-corrected chi connectivity index (χ0v) is 25.1. The zero-order valence-electron chi connectivity index (χ0n) is 24.3. The van der Waals surface area contributed by atoms with Crippen LogP contribution in [0.1, 0.15) is 32.1 Å². The van der Waals surface area contributed by atoms with Gasteiger partial charge in [0.05, 0.1) is 28.6 Å². The molecule has 0 saturated carbocycles. The van der Waals surface area contributed by atoms with Gasteiger partial charge in [-0.15, -0.1) is 0 Å². The van der Waals surface area contributed by atoms with Crippen LogP contribution < -0.4 is 15.4 Å². The number of hydrogen-bond donors (Lipinski definition) is 1. The number of imide groups is 1. The Morgan fingerprint density at radius 1 is 0.884 bits per heavy atom. The number of hydrogen-bond acceptors (Lipinski definition) is 9. The van der Waals surface area contributed by atoms with Crippen LogP contribution in [-0.2, 0) is 24.1 Å². The molecule has 1 aliphatic heterocycles. The van der Waals surface area contributed by atoms with E-state index in [2.05, 4.69) is 4.90 Å². The maximum atomic E-state index is 13.5. The van der Waals surface area contributed by atoms with Gasteiger partial charge >= 0.3 is 0 Å². The number of carbonyl (C=O) groups is 2. The first-order valence-electron chi connectivity index (χ1n) is 14.1. The van der Waals surface area contributed by atoms with Crippen LogP contribution >= 0.6 is 11.9 Å². The van der Waals surface area contributed by atoms with Crippen molar-refractivity contribution in [3.63, 3.8) is 0 Å². The summed E-state index contributed by atoms with van der Waals surface area (Å²) in [6.07, 6.45) is 0.853. The lowest BCUT2D eigenvalue weighted by Crippen LogP contribution is -2.34. The minimum atomic E-state index is -0.379. The Hall–Kier alpha value is -4.03. The van der Waals surface area contributed by atoms with Crippen molar-refractivity contribution in [3.05, 3.63) is 99.6 Å². The quantitative estimate of drug-likeness (QED) is 0.171. The molecule has 0 atom stereocenters. The lowest BCUT2D eigenvalue weighted by atomic mass is 10.1. The second-order valence-electron chi connectivity index (χ2n) is 10.4. The first-order chi connectivity index (χ1) is 20.9. The topological polar surface area (TPSA) is 120 Å². The molecule has 2 amide bonds. The summed E-state index contributed by atoms with van der Waals surface area (Å²) in [5.41, 5.74) is 2.16. The molecule has 0 bridgehead atoms. The molecular formula is C32H35N5O5S. The Morgan fingerprint density at radius 3 is 2.40 bits per heavy atom. The fourth-order valence-electron chi connectivity index (χ4n) is 5.06. The van der Waals surface area contributed by atoms with Crippen LogP contribution in [0.2, 0.25) is 0 Å². The molecular weight excluding hydrogens is 566 g/mol. The van der Waals surface area contributed by atoms with Gasteiger partial charge in [-0.3, -0.25) is 29.0 Å². The maximum absolute atomic E-state index is 13.5. The summed E-state index contributed by atoms with van der Waals surface area (Å²) in [5.74, 6) is 0.314. The molecule has 0 spiro atoms. The Bertz CT molecular complexity index is 1670. The summed E-state index contributed by atoms with van der Waals surface area (Å²) in [6, 6.07) is 20.1. The van der Waals surface area contributed by atoms with Gasteiger partial charge in [0, 0.05) is 44.6 Å². The smallest absolute Gasteiger partial charge is 0.261 e. The Balaban J connectivity index is 1.30. The van der Waals surface area contributed by atoms with E-state index >= 15 is 0 Å². The summed E-state index contributed by atoms with van der Waals surface area (Å²) < 4.78 is 12.6. The molecule has 4 aromatic rings. The van der Waals surface area contributed by atoms with Crippen LogP contribution in [0.3, 0.4) is 0 Å². The minimum absolute atomic E-state index is 0.0973. The zero-order chi connectivity index (χ0) is 30.3. The predicted molar refractivity (Wildman–Crippen MR) is 167 cm³/mol. The maximum Gasteiger partial charge on any atom is 0.261 e. The fraction of sp³-hybridized carbons (Fsp3) is 0.312. The van der Waals surface area contributed by atoms with Crippen LogP contribution in [0.25, 0.3) is 10.9 Å². The van der Waals surface area contributed by atoms with Crippen molar-refractivity contribution in [2.45, 2.75) is 24.3 Å². The van der Waals surface area contributed by atoms with Gasteiger partial charge in [-0.2, -0.15) is 0 Å². The summed E-state index contributed by atoms with van der Waals surface area (Å²) in [4.78, 5) is 49.1. The van der Waals surface area contributed by atoms with Gasteiger partial charge in [-0.1, -0.05) is 24.3 Å². The van der Waals surface area contributed by atoms with Gasteiger partial charge in [0.15, 0.2) is 0 Å². The minimum Gasteiger partial charge on any atom is -0.492 e. The van der Waals surface area contributed by atoms with Crippen LogP contribution in [0.15, 0.2) is 76.4 Å². The average molecular weight is 602 g/mol. The first kappa shape index (κ1) is 30.4. The van der Waals surface area contributed by atoms with Crippen molar-refractivity contribution >= 4 is 34.7 Å². The largest absolute Gasteiger partial charge is 0.492 e. The number of nitrogens with two attached hydrogens (primary N) is 1. The summed E-state index contributed by atoms with van der Waals surface area (Å²) in [5, 5.41) is 6.17. The van der Waals surface area contributed by atoms with Gasteiger partial charge in [-0.05, 0) is 73.4 Å². The van der Waals surface area contributed by atoms with E-state index in [1.54, 1.807) is 42.0 Å². The number of carbonyl (C=O) groups excluding carboxylic acids is 2. The first-order valence-corrected chi connectivity index (χ1v) is 15.0. The third-order valence-corrected chi connectivity index (χ3v) is 8.09. The van der Waals surface area contributed by atoms with E-state index in [-0.39, 0.29) is 30.3 Å². The Labute approximate surface area is 254 Å². The fourth-order valence-corrected chi connectivity index (χ4v) is 5.36. The van der Waals surface area contributed by atoms with E-state index in [0.717, 1.165) is 17.0 Å². The Kier molecular flexibility index (Phi) is 9.88. The lowest BCUT2D eigenvalue weighted by Gasteiger charge is -2.17. The number of aromatic nitrogens is 2. The molecule has 0 aliphatic carbocycles. The number of amides is 2. The molecule has 5 rings (SSSR count). The standard InChI is InChI=1S/C32H35N5O5S/c1-35(17-19-41-2)18-20-42-23-9-12-25-27(21-23)32(40)37(30(25)38)16-14-29-34-28-6-4-3-5-26(28)31(39)36(29)15-13-22-7-10-24(43-33)11-8-22/h3-12,21H,13-20,33H2,1-2H3. The number of benzene rings is 3. The molecule has 11 heteroatoms. The van der Waals surface area contributed by atoms with E-state index in [4.69, 9.17) is 19.6 Å². The van der Waals surface area contributed by atoms with Crippen LogP contribution in [-0.4, -0.2) is 78.2 Å². The normalized spacial score (nSPS) is 12.9. The van der Waals surface area contributed by atoms with Gasteiger partial charge in [-0.25, -0.2) is 4.98 Å². The number of ether oxygens (including phenoxy) is 2. The number of fused-ring (bicyclic) bond motifs is 2. The monoisotopic (exact) mass is 601 g/mol. The average Bonchev–Trinajstić information content (AvgIpc) is 3.26. The number of nitrogens with zero attached hydrogens (tertiary/aromatic N) is 4. The molecule has 2 heterocycles. The number of methoxy groups -OCH3 is 1. The number of rotatable bonds is 14. The van der Waals surface area contributed by atoms with Crippen LogP contribution in [0, 0.1) is 0 Å². The number of aryl methyl sites for hydroxylation is 1. The van der Waals surface area contributed by atoms with Crippen molar-refractivity contribution in [1.29, 1.82) is 0 Å². The van der Waals surface area contributed by atoms with Gasteiger partial charge in [0.2, 0.25) is 0 Å². The van der Waals surface area contributed by atoms with E-state index < -0.39 is 0 Å². The molecule has 0 unspecified atom stereocenters. The van der Waals surface area contributed by atoms with Crippen molar-refractivity contribution in [2.75, 3.05) is 47.0 Å². The molecule has 1 aromatic heterocycles.